The molecule has 0 atom stereocenters. The van der Waals surface area contributed by atoms with Gasteiger partial charge in [0.1, 0.15) is 5.75 Å². The van der Waals surface area contributed by atoms with Gasteiger partial charge in [0.25, 0.3) is 0 Å². The SMILES string of the molecule is CN(CC1CC(Oc2ccc(CN3CCCC3)c(Cl)c2)C1)S(=O)(=O)c1cccc2ccccc12. The lowest BCUT2D eigenvalue weighted by Gasteiger charge is -2.37. The minimum Gasteiger partial charge on any atom is -0.490 e. The minimum absolute atomic E-state index is 0.0964. The number of benzene rings is 3. The number of nitrogens with zero attached hydrogens (tertiary/aromatic N) is 2. The molecule has 180 valence electrons. The smallest absolute Gasteiger partial charge is 0.243 e. The van der Waals surface area contributed by atoms with Crippen LogP contribution in [0.3, 0.4) is 0 Å². The van der Waals surface area contributed by atoms with Crippen LogP contribution in [-0.4, -0.2) is 50.4 Å². The molecule has 34 heavy (non-hydrogen) atoms. The summed E-state index contributed by atoms with van der Waals surface area (Å²) in [5.74, 6) is 1.07. The van der Waals surface area contributed by atoms with Gasteiger partial charge in [-0.05, 0) is 73.8 Å². The maximum absolute atomic E-state index is 13.3. The fourth-order valence-corrected chi connectivity index (χ4v) is 6.76. The average molecular weight is 499 g/mol. The molecule has 0 amide bonds. The Labute approximate surface area is 207 Å². The molecule has 1 saturated heterocycles. The first kappa shape index (κ1) is 23.6. The fourth-order valence-electron chi connectivity index (χ4n) is 5.07. The molecule has 1 saturated carbocycles. The lowest BCUT2D eigenvalue weighted by molar-refractivity contribution is 0.0575. The van der Waals surface area contributed by atoms with E-state index in [9.17, 15) is 8.42 Å². The number of hydrogen-bond donors (Lipinski definition) is 0. The third-order valence-corrected chi connectivity index (χ3v) is 9.30. The number of ether oxygens (including phenoxy) is 1. The summed E-state index contributed by atoms with van der Waals surface area (Å²) in [6, 6.07) is 19.0. The summed E-state index contributed by atoms with van der Waals surface area (Å²) in [4.78, 5) is 2.80. The van der Waals surface area contributed by atoms with E-state index in [0.717, 1.165) is 59.6 Å². The Kier molecular flexibility index (Phi) is 6.85. The summed E-state index contributed by atoms with van der Waals surface area (Å²) < 4.78 is 34.1. The van der Waals surface area contributed by atoms with Crippen molar-refractivity contribution >= 4 is 32.4 Å². The van der Waals surface area contributed by atoms with Crippen molar-refractivity contribution in [1.29, 1.82) is 0 Å². The predicted octanol–water partition coefficient (Wildman–Crippen LogP) is 5.57. The van der Waals surface area contributed by atoms with Crippen molar-refractivity contribution in [2.75, 3.05) is 26.7 Å². The van der Waals surface area contributed by atoms with Crippen LogP contribution in [0.1, 0.15) is 31.2 Å². The van der Waals surface area contributed by atoms with E-state index in [1.165, 1.54) is 17.1 Å². The van der Waals surface area contributed by atoms with Gasteiger partial charge in [0.15, 0.2) is 0 Å². The van der Waals surface area contributed by atoms with Crippen molar-refractivity contribution in [1.82, 2.24) is 9.21 Å². The van der Waals surface area contributed by atoms with Gasteiger partial charge in [-0.25, -0.2) is 12.7 Å². The van der Waals surface area contributed by atoms with E-state index in [0.29, 0.717) is 11.4 Å². The summed E-state index contributed by atoms with van der Waals surface area (Å²) in [5, 5.41) is 2.44. The molecule has 1 aliphatic heterocycles. The van der Waals surface area contributed by atoms with E-state index >= 15 is 0 Å². The fraction of sp³-hybridized carbons (Fsp3) is 0.407. The molecular formula is C27H31ClN2O3S. The van der Waals surface area contributed by atoms with Crippen molar-refractivity contribution in [2.24, 2.45) is 5.92 Å². The first-order valence-electron chi connectivity index (χ1n) is 12.0. The molecule has 7 heteroatoms. The molecule has 2 aliphatic rings. The summed E-state index contributed by atoms with van der Waals surface area (Å²) in [6.45, 7) is 3.66. The van der Waals surface area contributed by atoms with Gasteiger partial charge < -0.3 is 4.74 Å². The maximum atomic E-state index is 13.3. The second-order valence-electron chi connectivity index (χ2n) is 9.58. The van der Waals surface area contributed by atoms with Gasteiger partial charge in [0, 0.05) is 30.5 Å². The number of sulfonamides is 1. The van der Waals surface area contributed by atoms with E-state index < -0.39 is 10.0 Å². The number of fused-ring (bicyclic) bond motifs is 1. The highest BCUT2D eigenvalue weighted by Gasteiger charge is 2.34. The predicted molar refractivity (Wildman–Crippen MR) is 137 cm³/mol. The first-order valence-corrected chi connectivity index (χ1v) is 13.8. The van der Waals surface area contributed by atoms with Crippen molar-refractivity contribution in [2.45, 2.75) is 43.2 Å². The summed E-state index contributed by atoms with van der Waals surface area (Å²) >= 11 is 6.52. The Morgan fingerprint density at radius 3 is 2.53 bits per heavy atom. The molecule has 1 aliphatic carbocycles. The van der Waals surface area contributed by atoms with Crippen LogP contribution in [0.15, 0.2) is 65.6 Å². The molecule has 0 aromatic heterocycles. The van der Waals surface area contributed by atoms with Crippen molar-refractivity contribution < 1.29 is 13.2 Å². The Bertz CT molecular complexity index is 1260. The van der Waals surface area contributed by atoms with Gasteiger partial charge in [-0.15, -0.1) is 0 Å². The number of likely N-dealkylation sites (tertiary alicyclic amines) is 1. The van der Waals surface area contributed by atoms with E-state index in [-0.39, 0.29) is 12.0 Å². The van der Waals surface area contributed by atoms with Crippen molar-refractivity contribution in [3.05, 3.63) is 71.2 Å². The average Bonchev–Trinajstić information content (AvgIpc) is 3.32. The van der Waals surface area contributed by atoms with Gasteiger partial charge in [0.05, 0.1) is 11.0 Å². The van der Waals surface area contributed by atoms with E-state index in [1.807, 2.05) is 42.5 Å². The van der Waals surface area contributed by atoms with Crippen LogP contribution in [0.2, 0.25) is 5.02 Å². The van der Waals surface area contributed by atoms with Gasteiger partial charge in [-0.2, -0.15) is 0 Å². The number of hydrogen-bond acceptors (Lipinski definition) is 4. The maximum Gasteiger partial charge on any atom is 0.243 e. The molecule has 3 aromatic rings. The standard InChI is InChI=1S/C27H31ClN2O3S/c1-29(34(31,32)27-10-6-8-21-7-2-3-9-25(21)27)18-20-15-24(16-20)33-23-12-11-22(26(28)17-23)19-30-13-4-5-14-30/h2-3,6-12,17,20,24H,4-5,13-16,18-19H2,1H3. The van der Waals surface area contributed by atoms with Crippen LogP contribution in [0.4, 0.5) is 0 Å². The lowest BCUT2D eigenvalue weighted by Crippen LogP contribution is -2.41. The van der Waals surface area contributed by atoms with Gasteiger partial charge in [-0.1, -0.05) is 54.1 Å². The molecule has 0 unspecified atom stereocenters. The summed E-state index contributed by atoms with van der Waals surface area (Å²) in [5.41, 5.74) is 1.14. The van der Waals surface area contributed by atoms with Crippen LogP contribution in [0.25, 0.3) is 10.8 Å². The van der Waals surface area contributed by atoms with E-state index in [2.05, 4.69) is 11.0 Å². The quantitative estimate of drug-likeness (QED) is 0.407. The summed E-state index contributed by atoms with van der Waals surface area (Å²) in [6.07, 6.45) is 4.30. The van der Waals surface area contributed by atoms with E-state index in [4.69, 9.17) is 16.3 Å². The molecule has 0 spiro atoms. The largest absolute Gasteiger partial charge is 0.490 e. The molecule has 5 rings (SSSR count). The molecule has 2 fully saturated rings. The van der Waals surface area contributed by atoms with Gasteiger partial charge >= 0.3 is 0 Å². The Morgan fingerprint density at radius 2 is 1.76 bits per heavy atom. The Balaban J connectivity index is 1.16. The zero-order valence-electron chi connectivity index (χ0n) is 19.5. The highest BCUT2D eigenvalue weighted by Crippen LogP contribution is 2.35. The molecule has 5 nitrogen and oxygen atoms in total. The van der Waals surface area contributed by atoms with Gasteiger partial charge in [-0.3, -0.25) is 4.90 Å². The Morgan fingerprint density at radius 1 is 1.03 bits per heavy atom. The highest BCUT2D eigenvalue weighted by molar-refractivity contribution is 7.89. The lowest BCUT2D eigenvalue weighted by atomic mass is 9.82. The molecule has 0 radical (unpaired) electrons. The zero-order valence-corrected chi connectivity index (χ0v) is 21.1. The second kappa shape index (κ2) is 9.86. The monoisotopic (exact) mass is 498 g/mol. The number of rotatable bonds is 8. The van der Waals surface area contributed by atoms with Crippen molar-refractivity contribution in [3.63, 3.8) is 0 Å². The molecule has 0 bridgehead atoms. The van der Waals surface area contributed by atoms with Crippen molar-refractivity contribution in [3.8, 4) is 5.75 Å². The van der Waals surface area contributed by atoms with Crippen LogP contribution < -0.4 is 4.74 Å². The zero-order chi connectivity index (χ0) is 23.7. The normalized spacial score (nSPS) is 21.1. The molecule has 3 aromatic carbocycles. The van der Waals surface area contributed by atoms with Crippen LogP contribution in [-0.2, 0) is 16.6 Å². The second-order valence-corrected chi connectivity index (χ2v) is 12.0. The minimum atomic E-state index is -3.56. The third kappa shape index (κ3) is 4.96. The molecule has 0 N–H and O–H groups in total. The number of halogens is 1. The molecular weight excluding hydrogens is 468 g/mol. The van der Waals surface area contributed by atoms with Crippen LogP contribution >= 0.6 is 11.6 Å². The third-order valence-electron chi connectivity index (χ3n) is 7.07. The van der Waals surface area contributed by atoms with E-state index in [1.54, 1.807) is 19.2 Å². The molecule has 1 heterocycles. The topological polar surface area (TPSA) is 49.9 Å². The highest BCUT2D eigenvalue weighted by atomic mass is 35.5. The van der Waals surface area contributed by atoms with Crippen LogP contribution in [0, 0.1) is 5.92 Å². The van der Waals surface area contributed by atoms with Gasteiger partial charge in [0.2, 0.25) is 10.0 Å². The first-order chi connectivity index (χ1) is 16.4. The Hall–Kier alpha value is -2.12. The summed E-state index contributed by atoms with van der Waals surface area (Å²) in [7, 11) is -1.89. The van der Waals surface area contributed by atoms with Crippen LogP contribution in [0.5, 0.6) is 5.75 Å².